The van der Waals surface area contributed by atoms with Crippen molar-refractivity contribution in [3.8, 4) is 6.07 Å². The van der Waals surface area contributed by atoms with Crippen LogP contribution in [0.2, 0.25) is 0 Å². The summed E-state index contributed by atoms with van der Waals surface area (Å²) >= 11 is 0. The molecule has 2 rings (SSSR count). The lowest BCUT2D eigenvalue weighted by Crippen LogP contribution is -2.21. The maximum atomic E-state index is 13.1. The normalized spacial score (nSPS) is 22.9. The van der Waals surface area contributed by atoms with Crippen molar-refractivity contribution >= 4 is 0 Å². The van der Waals surface area contributed by atoms with Crippen molar-refractivity contribution in [3.63, 3.8) is 0 Å². The second-order valence-corrected chi connectivity index (χ2v) is 3.33. The van der Waals surface area contributed by atoms with Gasteiger partial charge in [-0.1, -0.05) is 12.1 Å². The Balaban J connectivity index is 2.61. The van der Waals surface area contributed by atoms with Gasteiger partial charge in [-0.2, -0.15) is 5.26 Å². The van der Waals surface area contributed by atoms with Gasteiger partial charge in [-0.25, -0.2) is 8.78 Å². The van der Waals surface area contributed by atoms with E-state index in [1.54, 1.807) is 12.1 Å². The zero-order valence-electron chi connectivity index (χ0n) is 7.17. The number of halogens is 2. The molecule has 2 nitrogen and oxygen atoms in total. The fraction of sp³-hybridized carbons (Fsp3) is 0.300. The summed E-state index contributed by atoms with van der Waals surface area (Å²) in [6.07, 6.45) is -2.33. The Labute approximate surface area is 79.4 Å². The fourth-order valence-corrected chi connectivity index (χ4v) is 1.75. The molecule has 0 heterocycles. The minimum atomic E-state index is -3.14. The molecule has 1 aliphatic carbocycles. The average molecular weight is 195 g/mol. The van der Waals surface area contributed by atoms with Crippen LogP contribution in [0.1, 0.15) is 22.8 Å². The predicted octanol–water partition coefficient (Wildman–Crippen LogP) is 1.78. The lowest BCUT2D eigenvalue weighted by atomic mass is 10.0. The Hall–Kier alpha value is -1.47. The molecule has 4 heteroatoms. The van der Waals surface area contributed by atoms with Crippen LogP contribution in [0, 0.1) is 11.3 Å². The van der Waals surface area contributed by atoms with Crippen LogP contribution in [0.25, 0.3) is 0 Å². The SMILES string of the molecule is N#Cc1cccc2c1[C@H](O)C(F)(F)C2. The van der Waals surface area contributed by atoms with Gasteiger partial charge in [-0.15, -0.1) is 0 Å². The molecule has 1 aromatic rings. The highest BCUT2D eigenvalue weighted by Crippen LogP contribution is 2.44. The lowest BCUT2D eigenvalue weighted by Gasteiger charge is -2.13. The van der Waals surface area contributed by atoms with Gasteiger partial charge in [0.15, 0.2) is 0 Å². The number of fused-ring (bicyclic) bond motifs is 1. The first-order valence-corrected chi connectivity index (χ1v) is 4.14. The molecule has 0 saturated heterocycles. The molecule has 1 aromatic carbocycles. The van der Waals surface area contributed by atoms with Crippen LogP contribution >= 0.6 is 0 Å². The molecule has 1 N–H and O–H groups in total. The summed E-state index contributed by atoms with van der Waals surface area (Å²) in [7, 11) is 0. The molecule has 0 fully saturated rings. The van der Waals surface area contributed by atoms with Crippen molar-refractivity contribution in [2.45, 2.75) is 18.4 Å². The van der Waals surface area contributed by atoms with E-state index in [1.807, 2.05) is 0 Å². The van der Waals surface area contributed by atoms with E-state index in [1.165, 1.54) is 12.1 Å². The highest BCUT2D eigenvalue weighted by molar-refractivity contribution is 5.48. The molecule has 0 saturated carbocycles. The van der Waals surface area contributed by atoms with E-state index in [0.717, 1.165) is 0 Å². The zero-order chi connectivity index (χ0) is 10.3. The molecule has 1 aliphatic rings. The lowest BCUT2D eigenvalue weighted by molar-refractivity contribution is -0.0968. The van der Waals surface area contributed by atoms with Crippen molar-refractivity contribution in [1.29, 1.82) is 5.26 Å². The number of aliphatic hydroxyl groups is 1. The maximum absolute atomic E-state index is 13.1. The first kappa shape index (κ1) is 9.10. The van der Waals surface area contributed by atoms with E-state index >= 15 is 0 Å². The first-order valence-electron chi connectivity index (χ1n) is 4.14. The van der Waals surface area contributed by atoms with Gasteiger partial charge in [0.25, 0.3) is 5.92 Å². The van der Waals surface area contributed by atoms with Crippen molar-refractivity contribution in [2.24, 2.45) is 0 Å². The minimum absolute atomic E-state index is 0.0833. The Kier molecular flexibility index (Phi) is 1.79. The van der Waals surface area contributed by atoms with Gasteiger partial charge in [0.1, 0.15) is 6.10 Å². The molecule has 1 atom stereocenters. The number of aliphatic hydroxyl groups excluding tert-OH is 1. The third-order valence-electron chi connectivity index (χ3n) is 2.42. The predicted molar refractivity (Wildman–Crippen MR) is 44.8 cm³/mol. The van der Waals surface area contributed by atoms with Gasteiger partial charge >= 0.3 is 0 Å². The second-order valence-electron chi connectivity index (χ2n) is 3.33. The van der Waals surface area contributed by atoms with Crippen LogP contribution in [-0.4, -0.2) is 11.0 Å². The second kappa shape index (κ2) is 2.76. The van der Waals surface area contributed by atoms with Crippen molar-refractivity contribution in [3.05, 3.63) is 34.9 Å². The quantitative estimate of drug-likeness (QED) is 0.685. The van der Waals surface area contributed by atoms with E-state index in [2.05, 4.69) is 0 Å². The molecular weight excluding hydrogens is 188 g/mol. The third-order valence-corrected chi connectivity index (χ3v) is 2.42. The zero-order valence-corrected chi connectivity index (χ0v) is 7.17. The van der Waals surface area contributed by atoms with Gasteiger partial charge in [-0.05, 0) is 11.6 Å². The van der Waals surface area contributed by atoms with Crippen LogP contribution in [0.4, 0.5) is 8.78 Å². The molecule has 0 amide bonds. The summed E-state index contributed by atoms with van der Waals surface area (Å²) in [5.74, 6) is -3.14. The first-order chi connectivity index (χ1) is 6.56. The number of hydrogen-bond acceptors (Lipinski definition) is 2. The monoisotopic (exact) mass is 195 g/mol. The van der Waals surface area contributed by atoms with Gasteiger partial charge < -0.3 is 5.11 Å². The van der Waals surface area contributed by atoms with E-state index in [9.17, 15) is 13.9 Å². The number of benzene rings is 1. The van der Waals surface area contributed by atoms with Gasteiger partial charge in [0.05, 0.1) is 11.6 Å². The van der Waals surface area contributed by atoms with E-state index in [4.69, 9.17) is 5.26 Å². The van der Waals surface area contributed by atoms with Gasteiger partial charge in [0, 0.05) is 12.0 Å². The summed E-state index contributed by atoms with van der Waals surface area (Å²) in [6.45, 7) is 0. The number of nitriles is 1. The Bertz CT molecular complexity index is 423. The van der Waals surface area contributed by atoms with Crippen LogP contribution in [0.3, 0.4) is 0 Å². The maximum Gasteiger partial charge on any atom is 0.281 e. The van der Waals surface area contributed by atoms with Crippen molar-refractivity contribution in [2.75, 3.05) is 0 Å². The molecule has 0 aromatic heterocycles. The highest BCUT2D eigenvalue weighted by atomic mass is 19.3. The largest absolute Gasteiger partial charge is 0.382 e. The molecular formula is C10H7F2NO. The van der Waals surface area contributed by atoms with Gasteiger partial charge in [0.2, 0.25) is 0 Å². The molecule has 72 valence electrons. The minimum Gasteiger partial charge on any atom is -0.382 e. The molecule has 0 bridgehead atoms. The number of alkyl halides is 2. The topological polar surface area (TPSA) is 44.0 Å². The molecule has 0 aliphatic heterocycles. The summed E-state index contributed by atoms with van der Waals surface area (Å²) in [5.41, 5.74) is 0.578. The smallest absolute Gasteiger partial charge is 0.281 e. The summed E-state index contributed by atoms with van der Waals surface area (Å²) in [4.78, 5) is 0. The van der Waals surface area contributed by atoms with E-state index in [-0.39, 0.29) is 11.1 Å². The third kappa shape index (κ3) is 1.10. The van der Waals surface area contributed by atoms with Crippen LogP contribution in [0.5, 0.6) is 0 Å². The van der Waals surface area contributed by atoms with Gasteiger partial charge in [-0.3, -0.25) is 0 Å². The summed E-state index contributed by atoms with van der Waals surface area (Å²) < 4.78 is 26.2. The highest BCUT2D eigenvalue weighted by Gasteiger charge is 2.47. The Morgan fingerprint density at radius 3 is 2.86 bits per heavy atom. The van der Waals surface area contributed by atoms with Crippen molar-refractivity contribution < 1.29 is 13.9 Å². The molecule has 0 radical (unpaired) electrons. The van der Waals surface area contributed by atoms with Crippen molar-refractivity contribution in [1.82, 2.24) is 0 Å². The average Bonchev–Trinajstić information content (AvgIpc) is 2.37. The fourth-order valence-electron chi connectivity index (χ4n) is 1.75. The van der Waals surface area contributed by atoms with E-state index in [0.29, 0.717) is 5.56 Å². The van der Waals surface area contributed by atoms with Crippen LogP contribution in [-0.2, 0) is 6.42 Å². The van der Waals surface area contributed by atoms with E-state index < -0.39 is 18.4 Å². The number of rotatable bonds is 0. The Morgan fingerprint density at radius 2 is 2.21 bits per heavy atom. The summed E-state index contributed by atoms with van der Waals surface area (Å²) in [6, 6.07) is 6.30. The number of hydrogen-bond donors (Lipinski definition) is 1. The van der Waals surface area contributed by atoms with Crippen LogP contribution in [0.15, 0.2) is 18.2 Å². The summed E-state index contributed by atoms with van der Waals surface area (Å²) in [5, 5.41) is 18.0. The standard InChI is InChI=1S/C10H7F2NO/c11-10(12)4-6-2-1-3-7(5-13)8(6)9(10)14/h1-3,9,14H,4H2/t9-/m0/s1. The molecule has 14 heavy (non-hydrogen) atoms. The molecule has 0 unspecified atom stereocenters. The van der Waals surface area contributed by atoms with Crippen LogP contribution < -0.4 is 0 Å². The number of nitrogens with zero attached hydrogens (tertiary/aromatic N) is 1. The molecule has 0 spiro atoms. The Morgan fingerprint density at radius 1 is 1.50 bits per heavy atom.